The molecule has 1 N–H and O–H groups in total. The highest BCUT2D eigenvalue weighted by molar-refractivity contribution is 5.97. The second-order valence-corrected chi connectivity index (χ2v) is 5.89. The first-order chi connectivity index (χ1) is 14.0. The van der Waals surface area contributed by atoms with Crippen molar-refractivity contribution >= 4 is 11.7 Å². The number of benzene rings is 2. The molecule has 1 heterocycles. The van der Waals surface area contributed by atoms with Gasteiger partial charge in [-0.25, -0.2) is 0 Å². The third-order valence-corrected chi connectivity index (χ3v) is 3.84. The van der Waals surface area contributed by atoms with E-state index in [1.165, 1.54) is 6.92 Å². The average molecular weight is 395 g/mol. The predicted octanol–water partition coefficient (Wildman–Crippen LogP) is 4.08. The Morgan fingerprint density at radius 2 is 1.59 bits per heavy atom. The summed E-state index contributed by atoms with van der Waals surface area (Å²) in [6, 6.07) is 13.8. The maximum absolute atomic E-state index is 12.1. The highest BCUT2D eigenvalue weighted by Crippen LogP contribution is 2.21. The highest BCUT2D eigenvalue weighted by atomic mass is 16.5. The van der Waals surface area contributed by atoms with Gasteiger partial charge < -0.3 is 14.5 Å². The molecule has 0 fully saturated rings. The first kappa shape index (κ1) is 21.8. The SMILES string of the molecule is CC.CC(=O)c1ccc(C(=O)NCCOc2ccc(-c3nnc(C)o3)cc2)cc1. The molecular formula is C22H25N3O4. The van der Waals surface area contributed by atoms with Crippen molar-refractivity contribution in [1.82, 2.24) is 15.5 Å². The van der Waals surface area contributed by atoms with Gasteiger partial charge in [-0.2, -0.15) is 0 Å². The Bertz CT molecular complexity index is 931. The first-order valence-electron chi connectivity index (χ1n) is 9.45. The molecule has 3 rings (SSSR count). The van der Waals surface area contributed by atoms with Crippen molar-refractivity contribution in [3.8, 4) is 17.2 Å². The molecule has 3 aromatic rings. The van der Waals surface area contributed by atoms with Gasteiger partial charge in [-0.15, -0.1) is 10.2 Å². The largest absolute Gasteiger partial charge is 0.492 e. The lowest BCUT2D eigenvalue weighted by Gasteiger charge is -2.08. The van der Waals surface area contributed by atoms with Gasteiger partial charge in [-0.1, -0.05) is 26.0 Å². The lowest BCUT2D eigenvalue weighted by molar-refractivity contribution is 0.0945. The van der Waals surface area contributed by atoms with E-state index in [2.05, 4.69) is 15.5 Å². The van der Waals surface area contributed by atoms with E-state index in [-0.39, 0.29) is 11.7 Å². The van der Waals surface area contributed by atoms with Gasteiger partial charge in [0.2, 0.25) is 11.8 Å². The smallest absolute Gasteiger partial charge is 0.251 e. The Hall–Kier alpha value is -3.48. The van der Waals surface area contributed by atoms with Crippen LogP contribution in [0.2, 0.25) is 0 Å². The number of hydrogen-bond acceptors (Lipinski definition) is 6. The summed E-state index contributed by atoms with van der Waals surface area (Å²) in [4.78, 5) is 23.3. The van der Waals surface area contributed by atoms with E-state index >= 15 is 0 Å². The van der Waals surface area contributed by atoms with Crippen LogP contribution in [-0.2, 0) is 0 Å². The molecule has 0 atom stereocenters. The van der Waals surface area contributed by atoms with Crippen LogP contribution in [0.4, 0.5) is 0 Å². The molecule has 2 aromatic carbocycles. The minimum Gasteiger partial charge on any atom is -0.492 e. The van der Waals surface area contributed by atoms with Crippen LogP contribution in [0.3, 0.4) is 0 Å². The zero-order chi connectivity index (χ0) is 21.2. The van der Waals surface area contributed by atoms with Crippen LogP contribution in [0.25, 0.3) is 11.5 Å². The van der Waals surface area contributed by atoms with Crippen LogP contribution in [0, 0.1) is 6.92 Å². The van der Waals surface area contributed by atoms with Crippen LogP contribution in [-0.4, -0.2) is 35.0 Å². The van der Waals surface area contributed by atoms with E-state index in [4.69, 9.17) is 9.15 Å². The number of aromatic nitrogens is 2. The number of carbonyl (C=O) groups excluding carboxylic acids is 2. The molecule has 29 heavy (non-hydrogen) atoms. The molecule has 0 unspecified atom stereocenters. The fourth-order valence-corrected chi connectivity index (χ4v) is 2.40. The summed E-state index contributed by atoms with van der Waals surface area (Å²) in [5, 5.41) is 10.5. The van der Waals surface area contributed by atoms with Crippen LogP contribution < -0.4 is 10.1 Å². The quantitative estimate of drug-likeness (QED) is 0.478. The maximum Gasteiger partial charge on any atom is 0.251 e. The fraction of sp³-hybridized carbons (Fsp3) is 0.273. The normalized spacial score (nSPS) is 9.93. The molecule has 0 aliphatic carbocycles. The molecule has 0 bridgehead atoms. The third-order valence-electron chi connectivity index (χ3n) is 3.84. The molecule has 0 saturated heterocycles. The Morgan fingerprint density at radius 1 is 0.966 bits per heavy atom. The number of nitrogens with one attached hydrogen (secondary N) is 1. The second kappa shape index (κ2) is 10.8. The molecule has 152 valence electrons. The molecular weight excluding hydrogens is 370 g/mol. The molecule has 1 aromatic heterocycles. The summed E-state index contributed by atoms with van der Waals surface area (Å²) in [6.45, 7) is 7.91. The van der Waals surface area contributed by atoms with Gasteiger partial charge in [0.1, 0.15) is 12.4 Å². The highest BCUT2D eigenvalue weighted by Gasteiger charge is 2.07. The number of carbonyl (C=O) groups is 2. The molecule has 0 aliphatic rings. The van der Waals surface area contributed by atoms with Gasteiger partial charge in [0.05, 0.1) is 6.54 Å². The van der Waals surface area contributed by atoms with Crippen molar-refractivity contribution in [2.75, 3.05) is 13.2 Å². The van der Waals surface area contributed by atoms with Gasteiger partial charge in [0, 0.05) is 23.6 Å². The zero-order valence-electron chi connectivity index (χ0n) is 17.1. The molecule has 0 aliphatic heterocycles. The number of ether oxygens (including phenoxy) is 1. The van der Waals surface area contributed by atoms with E-state index in [9.17, 15) is 9.59 Å². The summed E-state index contributed by atoms with van der Waals surface area (Å²) >= 11 is 0. The van der Waals surface area contributed by atoms with Crippen LogP contribution in [0.15, 0.2) is 52.9 Å². The van der Waals surface area contributed by atoms with E-state index in [1.807, 2.05) is 26.0 Å². The maximum atomic E-state index is 12.1. The molecule has 1 amide bonds. The predicted molar refractivity (Wildman–Crippen MR) is 110 cm³/mol. The monoisotopic (exact) mass is 395 g/mol. The van der Waals surface area contributed by atoms with Crippen molar-refractivity contribution in [2.45, 2.75) is 27.7 Å². The number of ketones is 1. The van der Waals surface area contributed by atoms with Crippen molar-refractivity contribution in [1.29, 1.82) is 0 Å². The van der Waals surface area contributed by atoms with E-state index in [0.29, 0.717) is 41.8 Å². The molecule has 7 heteroatoms. The van der Waals surface area contributed by atoms with Gasteiger partial charge >= 0.3 is 0 Å². The van der Waals surface area contributed by atoms with E-state index in [0.717, 1.165) is 5.56 Å². The lowest BCUT2D eigenvalue weighted by Crippen LogP contribution is -2.28. The van der Waals surface area contributed by atoms with Crippen molar-refractivity contribution in [3.63, 3.8) is 0 Å². The Morgan fingerprint density at radius 3 is 2.14 bits per heavy atom. The first-order valence-corrected chi connectivity index (χ1v) is 9.45. The van der Waals surface area contributed by atoms with Crippen LogP contribution in [0.1, 0.15) is 47.4 Å². The summed E-state index contributed by atoms with van der Waals surface area (Å²) in [5.41, 5.74) is 1.89. The fourth-order valence-electron chi connectivity index (χ4n) is 2.40. The topological polar surface area (TPSA) is 94.3 Å². The number of Topliss-reactive ketones (excluding diaryl/α,β-unsaturated/α-hetero) is 1. The Kier molecular flexibility index (Phi) is 8.09. The lowest BCUT2D eigenvalue weighted by atomic mass is 10.1. The number of aryl methyl sites for hydroxylation is 1. The van der Waals surface area contributed by atoms with Gasteiger partial charge in [0.25, 0.3) is 5.91 Å². The summed E-state index contributed by atoms with van der Waals surface area (Å²) in [7, 11) is 0. The minimum absolute atomic E-state index is 0.0318. The van der Waals surface area contributed by atoms with Crippen molar-refractivity contribution in [3.05, 3.63) is 65.5 Å². The van der Waals surface area contributed by atoms with Crippen molar-refractivity contribution < 1.29 is 18.7 Å². The third kappa shape index (κ3) is 6.27. The summed E-state index contributed by atoms with van der Waals surface area (Å²) in [5.74, 6) is 1.40. The number of rotatable bonds is 7. The van der Waals surface area contributed by atoms with E-state index in [1.54, 1.807) is 43.3 Å². The Labute approximate surface area is 170 Å². The van der Waals surface area contributed by atoms with Gasteiger partial charge in [-0.3, -0.25) is 9.59 Å². The van der Waals surface area contributed by atoms with Crippen molar-refractivity contribution in [2.24, 2.45) is 0 Å². The van der Waals surface area contributed by atoms with Gasteiger partial charge in [-0.05, 0) is 43.3 Å². The molecule has 0 radical (unpaired) electrons. The number of amides is 1. The summed E-state index contributed by atoms with van der Waals surface area (Å²) < 4.78 is 11.0. The molecule has 7 nitrogen and oxygen atoms in total. The zero-order valence-corrected chi connectivity index (χ0v) is 17.1. The Balaban J connectivity index is 0.00000145. The molecule has 0 spiro atoms. The number of hydrogen-bond donors (Lipinski definition) is 1. The van der Waals surface area contributed by atoms with Crippen LogP contribution in [0.5, 0.6) is 5.75 Å². The number of nitrogens with zero attached hydrogens (tertiary/aromatic N) is 2. The summed E-state index contributed by atoms with van der Waals surface area (Å²) in [6.07, 6.45) is 0. The minimum atomic E-state index is -0.212. The van der Waals surface area contributed by atoms with Crippen LogP contribution >= 0.6 is 0 Å². The molecule has 0 saturated carbocycles. The van der Waals surface area contributed by atoms with Gasteiger partial charge in [0.15, 0.2) is 5.78 Å². The second-order valence-electron chi connectivity index (χ2n) is 5.89. The van der Waals surface area contributed by atoms with E-state index < -0.39 is 0 Å². The average Bonchev–Trinajstić information content (AvgIpc) is 3.19. The standard InChI is InChI=1S/C20H19N3O4.C2H6/c1-13(24)15-3-5-16(6-4-15)19(25)21-11-12-26-18-9-7-17(8-10-18)20-23-22-14(2)27-20;1-2/h3-10H,11-12H2,1-2H3,(H,21,25);1-2H3.